The fourth-order valence-electron chi connectivity index (χ4n) is 2.54. The molecule has 25 heavy (non-hydrogen) atoms. The van der Waals surface area contributed by atoms with Crippen LogP contribution in [0.3, 0.4) is 0 Å². The zero-order valence-corrected chi connectivity index (χ0v) is 18.3. The van der Waals surface area contributed by atoms with Gasteiger partial charge in [0, 0.05) is 4.83 Å². The molecule has 3 aromatic rings. The highest BCUT2D eigenvalue weighted by Gasteiger charge is 2.15. The third-order valence-electron chi connectivity index (χ3n) is 4.08. The number of halogens is 1. The number of hydrogen-bond acceptors (Lipinski definition) is 0. The van der Waals surface area contributed by atoms with Gasteiger partial charge in [-0.2, -0.15) is 9.90 Å². The molecule has 0 saturated heterocycles. The minimum atomic E-state index is -0.446. The molecule has 130 valence electrons. The van der Waals surface area contributed by atoms with Gasteiger partial charge in [0.2, 0.25) is 0 Å². The van der Waals surface area contributed by atoms with Crippen molar-refractivity contribution in [2.45, 2.75) is 24.1 Å². The van der Waals surface area contributed by atoms with Crippen LogP contribution in [0.1, 0.15) is 19.3 Å². The van der Waals surface area contributed by atoms with E-state index in [1.807, 2.05) is 0 Å². The van der Waals surface area contributed by atoms with E-state index in [0.717, 1.165) is 4.83 Å². The second-order valence-electron chi connectivity index (χ2n) is 5.87. The molecule has 1 saturated carbocycles. The number of rotatable bonds is 3. The smallest absolute Gasteiger partial charge is 0.0145 e. The van der Waals surface area contributed by atoms with Gasteiger partial charge in [-0.3, -0.25) is 0 Å². The van der Waals surface area contributed by atoms with Gasteiger partial charge >= 0.3 is 0 Å². The van der Waals surface area contributed by atoms with Crippen LogP contribution >= 0.6 is 33.8 Å². The molecule has 0 aromatic heterocycles. The van der Waals surface area contributed by atoms with Gasteiger partial charge in [0.1, 0.15) is 0 Å². The summed E-state index contributed by atoms with van der Waals surface area (Å²) < 4.78 is 0. The van der Waals surface area contributed by atoms with E-state index >= 15 is 0 Å². The van der Waals surface area contributed by atoms with E-state index in [1.54, 1.807) is 0 Å². The number of benzene rings is 3. The standard InChI is InChI=1S/C18H15P.C4H7Br.H3P/c1-4-10-16(11-5-1)19(17-12-6-2-7-13-17)18-14-8-3-9-15-18;5-4-2-1-3-4;/h1-15H;4H,1-3H2;1H3. The number of hydrogen-bond donors (Lipinski definition) is 0. The van der Waals surface area contributed by atoms with E-state index in [9.17, 15) is 0 Å². The first-order chi connectivity index (χ1) is 11.8. The maximum Gasteiger partial charge on any atom is 0.0145 e. The predicted molar refractivity (Wildman–Crippen MR) is 123 cm³/mol. The highest BCUT2D eigenvalue weighted by atomic mass is 79.9. The molecule has 0 spiro atoms. The first kappa shape index (κ1) is 20.3. The lowest BCUT2D eigenvalue weighted by Gasteiger charge is -2.18. The Morgan fingerprint density at radius 1 is 0.600 bits per heavy atom. The van der Waals surface area contributed by atoms with Gasteiger partial charge in [0.05, 0.1) is 0 Å². The van der Waals surface area contributed by atoms with Crippen molar-refractivity contribution in [1.29, 1.82) is 0 Å². The van der Waals surface area contributed by atoms with Gasteiger partial charge in [-0.1, -0.05) is 113 Å². The van der Waals surface area contributed by atoms with Crippen LogP contribution in [0.4, 0.5) is 0 Å². The van der Waals surface area contributed by atoms with E-state index in [1.165, 1.54) is 35.2 Å². The Kier molecular flexibility index (Phi) is 8.83. The molecule has 1 aliphatic rings. The maximum atomic E-state index is 3.46. The summed E-state index contributed by atoms with van der Waals surface area (Å²) in [6, 6.07) is 32.3. The zero-order chi connectivity index (χ0) is 16.6. The quantitative estimate of drug-likeness (QED) is 0.383. The van der Waals surface area contributed by atoms with Gasteiger partial charge in [-0.15, -0.1) is 0 Å². The third-order valence-corrected chi connectivity index (χ3v) is 7.44. The van der Waals surface area contributed by atoms with Crippen LogP contribution in [0.5, 0.6) is 0 Å². The normalized spacial score (nSPS) is 13.2. The van der Waals surface area contributed by atoms with Gasteiger partial charge in [0.15, 0.2) is 0 Å². The lowest BCUT2D eigenvalue weighted by Crippen LogP contribution is -2.20. The average Bonchev–Trinajstić information content (AvgIpc) is 2.64. The Morgan fingerprint density at radius 3 is 1.08 bits per heavy atom. The topological polar surface area (TPSA) is 0 Å². The monoisotopic (exact) mass is 430 g/mol. The average molecular weight is 431 g/mol. The molecule has 0 nitrogen and oxygen atoms in total. The fraction of sp³-hybridized carbons (Fsp3) is 0.182. The molecule has 0 N–H and O–H groups in total. The van der Waals surface area contributed by atoms with Crippen molar-refractivity contribution < 1.29 is 0 Å². The summed E-state index contributed by atoms with van der Waals surface area (Å²) in [6.45, 7) is 0. The Hall–Kier alpha value is -1.00. The Labute approximate surface area is 164 Å². The largest absolute Gasteiger partial charge is 0.153 e. The van der Waals surface area contributed by atoms with Gasteiger partial charge < -0.3 is 0 Å². The summed E-state index contributed by atoms with van der Waals surface area (Å²) in [5.74, 6) is 0. The summed E-state index contributed by atoms with van der Waals surface area (Å²) >= 11 is 3.46. The van der Waals surface area contributed by atoms with E-state index in [4.69, 9.17) is 0 Å². The molecule has 1 aliphatic carbocycles. The predicted octanol–water partition coefficient (Wildman–Crippen LogP) is 5.44. The lowest BCUT2D eigenvalue weighted by atomic mass is 10.0. The minimum absolute atomic E-state index is 0. The van der Waals surface area contributed by atoms with Gasteiger partial charge in [0.25, 0.3) is 0 Å². The van der Waals surface area contributed by atoms with Crippen molar-refractivity contribution >= 4 is 49.7 Å². The molecule has 0 bridgehead atoms. The SMILES string of the molecule is BrC1CCC1.P.c1ccc(P(c2ccccc2)c2ccccc2)cc1. The molecule has 0 heterocycles. The summed E-state index contributed by atoms with van der Waals surface area (Å²) in [6.07, 6.45) is 4.25. The van der Waals surface area contributed by atoms with Crippen molar-refractivity contribution in [3.63, 3.8) is 0 Å². The number of alkyl halides is 1. The molecular formula is C22H25BrP2. The van der Waals surface area contributed by atoms with Crippen LogP contribution in [0.2, 0.25) is 0 Å². The van der Waals surface area contributed by atoms with Crippen molar-refractivity contribution in [2.75, 3.05) is 0 Å². The molecule has 0 amide bonds. The summed E-state index contributed by atoms with van der Waals surface area (Å²) in [7, 11) is -0.446. The molecule has 1 fully saturated rings. The molecular weight excluding hydrogens is 406 g/mol. The molecule has 1 unspecified atom stereocenters. The first-order valence-corrected chi connectivity index (χ1v) is 10.7. The summed E-state index contributed by atoms with van der Waals surface area (Å²) in [4.78, 5) is 0.877. The van der Waals surface area contributed by atoms with Crippen molar-refractivity contribution in [2.24, 2.45) is 0 Å². The van der Waals surface area contributed by atoms with Crippen molar-refractivity contribution in [3.05, 3.63) is 91.0 Å². The van der Waals surface area contributed by atoms with Crippen LogP contribution in [-0.4, -0.2) is 4.83 Å². The van der Waals surface area contributed by atoms with Crippen LogP contribution in [-0.2, 0) is 0 Å². The van der Waals surface area contributed by atoms with Crippen LogP contribution < -0.4 is 15.9 Å². The summed E-state index contributed by atoms with van der Waals surface area (Å²) in [5.41, 5.74) is 0. The third kappa shape index (κ3) is 6.03. The highest BCUT2D eigenvalue weighted by Crippen LogP contribution is 2.32. The molecule has 0 radical (unpaired) electrons. The molecule has 3 heteroatoms. The Balaban J connectivity index is 0.000000325. The highest BCUT2D eigenvalue weighted by molar-refractivity contribution is 9.09. The van der Waals surface area contributed by atoms with Crippen molar-refractivity contribution in [3.8, 4) is 0 Å². The van der Waals surface area contributed by atoms with Crippen LogP contribution in [0.15, 0.2) is 91.0 Å². The Bertz CT molecular complexity index is 619. The molecule has 4 rings (SSSR count). The van der Waals surface area contributed by atoms with E-state index in [0.29, 0.717) is 0 Å². The molecule has 1 atom stereocenters. The first-order valence-electron chi connectivity index (χ1n) is 8.44. The Morgan fingerprint density at radius 2 is 0.880 bits per heavy atom. The zero-order valence-electron chi connectivity index (χ0n) is 14.4. The molecule has 3 aromatic carbocycles. The van der Waals surface area contributed by atoms with Crippen molar-refractivity contribution in [1.82, 2.24) is 0 Å². The van der Waals surface area contributed by atoms with Crippen LogP contribution in [0.25, 0.3) is 0 Å². The fourth-order valence-corrected chi connectivity index (χ4v) is 5.49. The second kappa shape index (κ2) is 10.9. The van der Waals surface area contributed by atoms with Gasteiger partial charge in [-0.25, -0.2) is 0 Å². The lowest BCUT2D eigenvalue weighted by molar-refractivity contribution is 0.530. The summed E-state index contributed by atoms with van der Waals surface area (Å²) in [5, 5.41) is 4.19. The maximum absolute atomic E-state index is 3.46. The van der Waals surface area contributed by atoms with Gasteiger partial charge in [-0.05, 0) is 36.7 Å². The molecule has 0 aliphatic heterocycles. The second-order valence-corrected chi connectivity index (χ2v) is 9.39. The van der Waals surface area contributed by atoms with Crippen LogP contribution in [0, 0.1) is 0 Å². The van der Waals surface area contributed by atoms with E-state index in [2.05, 4.69) is 107 Å². The van der Waals surface area contributed by atoms with E-state index in [-0.39, 0.29) is 9.90 Å². The van der Waals surface area contributed by atoms with E-state index < -0.39 is 7.92 Å². The minimum Gasteiger partial charge on any atom is -0.153 e.